The largest absolute Gasteiger partial charge is 0.504 e. The highest BCUT2D eigenvalue weighted by atomic mass is 35.5. The predicted molar refractivity (Wildman–Crippen MR) is 90.3 cm³/mol. The Labute approximate surface area is 145 Å². The summed E-state index contributed by atoms with van der Waals surface area (Å²) < 4.78 is 14.6. The van der Waals surface area contributed by atoms with Crippen LogP contribution in [0.4, 0.5) is 4.39 Å². The van der Waals surface area contributed by atoms with E-state index in [4.69, 9.17) is 5.73 Å². The van der Waals surface area contributed by atoms with E-state index >= 15 is 0 Å². The van der Waals surface area contributed by atoms with Gasteiger partial charge in [-0.3, -0.25) is 4.79 Å². The van der Waals surface area contributed by atoms with Crippen molar-refractivity contribution >= 4 is 18.3 Å². The summed E-state index contributed by atoms with van der Waals surface area (Å²) in [6.07, 6.45) is 3.12. The predicted octanol–water partition coefficient (Wildman–Crippen LogP) is 2.01. The quantitative estimate of drug-likeness (QED) is 0.883. The molecule has 0 radical (unpaired) electrons. The van der Waals surface area contributed by atoms with Gasteiger partial charge in [0.2, 0.25) is 0 Å². The second-order valence-electron chi connectivity index (χ2n) is 5.77. The van der Waals surface area contributed by atoms with E-state index in [0.717, 1.165) is 12.8 Å². The zero-order valence-electron chi connectivity index (χ0n) is 13.3. The molecule has 1 atom stereocenters. The van der Waals surface area contributed by atoms with Crippen molar-refractivity contribution in [3.8, 4) is 11.4 Å². The summed E-state index contributed by atoms with van der Waals surface area (Å²) in [6, 6.07) is 4.23. The summed E-state index contributed by atoms with van der Waals surface area (Å²) >= 11 is 0. The molecular formula is C16H20ClFN4O2. The van der Waals surface area contributed by atoms with Gasteiger partial charge in [0, 0.05) is 19.1 Å². The first-order chi connectivity index (χ1) is 11.0. The van der Waals surface area contributed by atoms with E-state index in [0.29, 0.717) is 24.3 Å². The first kappa shape index (κ1) is 18.2. The van der Waals surface area contributed by atoms with E-state index in [9.17, 15) is 14.3 Å². The van der Waals surface area contributed by atoms with Crippen LogP contribution in [-0.2, 0) is 0 Å². The number of rotatable bonds is 3. The lowest BCUT2D eigenvalue weighted by atomic mass is 10.2. The summed E-state index contributed by atoms with van der Waals surface area (Å²) in [5.41, 5.74) is 6.95. The zero-order chi connectivity index (χ0) is 16.6. The van der Waals surface area contributed by atoms with E-state index in [-0.39, 0.29) is 41.6 Å². The smallest absolute Gasteiger partial charge is 0.278 e. The van der Waals surface area contributed by atoms with Gasteiger partial charge in [-0.15, -0.1) is 12.4 Å². The van der Waals surface area contributed by atoms with Crippen molar-refractivity contribution < 1.29 is 14.3 Å². The molecule has 1 fully saturated rings. The Hall–Kier alpha value is -2.12. The maximum absolute atomic E-state index is 13.2. The Balaban J connectivity index is 0.00000208. The van der Waals surface area contributed by atoms with Gasteiger partial charge in [-0.25, -0.2) is 9.07 Å². The normalized spacial score (nSPS) is 17.0. The number of aryl methyl sites for hydroxylation is 1. The number of carbonyl (C=O) groups excluding carboxylic acids is 1. The topological polar surface area (TPSA) is 84.4 Å². The molecule has 1 aromatic heterocycles. The Morgan fingerprint density at radius 3 is 2.92 bits per heavy atom. The summed E-state index contributed by atoms with van der Waals surface area (Å²) in [6.45, 7) is 2.75. The molecule has 0 bridgehead atoms. The van der Waals surface area contributed by atoms with Crippen LogP contribution in [0, 0.1) is 12.7 Å². The molecule has 0 saturated carbocycles. The number of carbonyl (C=O) groups is 1. The molecule has 1 aliphatic heterocycles. The molecule has 1 aromatic carbocycles. The van der Waals surface area contributed by atoms with Crippen LogP contribution in [0.3, 0.4) is 0 Å². The number of amides is 1. The SMILES string of the molecule is Cc1cc(F)ccc1-n1cc(O)c(C(=O)N2CCCC2CN)n1.Cl. The van der Waals surface area contributed by atoms with Crippen LogP contribution in [0.2, 0.25) is 0 Å². The van der Waals surface area contributed by atoms with E-state index in [2.05, 4.69) is 5.10 Å². The molecule has 2 aromatic rings. The third-order valence-corrected chi connectivity index (χ3v) is 4.21. The van der Waals surface area contributed by atoms with E-state index in [1.807, 2.05) is 0 Å². The third kappa shape index (κ3) is 3.22. The number of nitrogens with zero attached hydrogens (tertiary/aromatic N) is 3. The van der Waals surface area contributed by atoms with Gasteiger partial charge in [-0.1, -0.05) is 0 Å². The number of halogens is 2. The standard InChI is InChI=1S/C16H19FN4O2.ClH/c1-10-7-11(17)4-5-13(10)21-9-14(22)15(19-21)16(23)20-6-2-3-12(20)8-18;/h4-5,7,9,12,22H,2-3,6,8,18H2,1H3;1H. The van der Waals surface area contributed by atoms with Crippen molar-refractivity contribution in [1.29, 1.82) is 0 Å². The first-order valence-corrected chi connectivity index (χ1v) is 7.57. The number of hydrogen-bond acceptors (Lipinski definition) is 4. The number of nitrogens with two attached hydrogens (primary N) is 1. The summed E-state index contributed by atoms with van der Waals surface area (Å²) in [5, 5.41) is 14.3. The molecular weight excluding hydrogens is 335 g/mol. The fraction of sp³-hybridized carbons (Fsp3) is 0.375. The lowest BCUT2D eigenvalue weighted by molar-refractivity contribution is 0.0731. The number of aromatic hydroxyl groups is 1. The molecule has 1 aliphatic rings. The Morgan fingerprint density at radius 1 is 1.50 bits per heavy atom. The average molecular weight is 355 g/mol. The van der Waals surface area contributed by atoms with Crippen LogP contribution in [0.1, 0.15) is 28.9 Å². The molecule has 6 nitrogen and oxygen atoms in total. The van der Waals surface area contributed by atoms with Gasteiger partial charge >= 0.3 is 0 Å². The fourth-order valence-corrected chi connectivity index (χ4v) is 3.00. The van der Waals surface area contributed by atoms with Crippen LogP contribution < -0.4 is 5.73 Å². The molecule has 1 saturated heterocycles. The fourth-order valence-electron chi connectivity index (χ4n) is 3.00. The third-order valence-electron chi connectivity index (χ3n) is 4.21. The number of likely N-dealkylation sites (tertiary alicyclic amines) is 1. The molecule has 24 heavy (non-hydrogen) atoms. The van der Waals surface area contributed by atoms with Gasteiger partial charge in [0.05, 0.1) is 11.9 Å². The minimum Gasteiger partial charge on any atom is -0.504 e. The molecule has 0 spiro atoms. The molecule has 3 rings (SSSR count). The van der Waals surface area contributed by atoms with Gasteiger partial charge in [0.15, 0.2) is 11.4 Å². The van der Waals surface area contributed by atoms with E-state index in [1.54, 1.807) is 17.9 Å². The van der Waals surface area contributed by atoms with Crippen LogP contribution in [0.15, 0.2) is 24.4 Å². The van der Waals surface area contributed by atoms with Crippen LogP contribution >= 0.6 is 12.4 Å². The highest BCUT2D eigenvalue weighted by Gasteiger charge is 2.31. The molecule has 2 heterocycles. The van der Waals surface area contributed by atoms with Gasteiger partial charge in [0.1, 0.15) is 5.82 Å². The van der Waals surface area contributed by atoms with Crippen molar-refractivity contribution in [2.45, 2.75) is 25.8 Å². The van der Waals surface area contributed by atoms with Gasteiger partial charge in [0.25, 0.3) is 5.91 Å². The average Bonchev–Trinajstić information content (AvgIpc) is 3.13. The Morgan fingerprint density at radius 2 is 2.25 bits per heavy atom. The highest BCUT2D eigenvalue weighted by Crippen LogP contribution is 2.25. The lowest BCUT2D eigenvalue weighted by Crippen LogP contribution is -2.40. The minimum atomic E-state index is -0.346. The summed E-state index contributed by atoms with van der Waals surface area (Å²) in [5.74, 6) is -0.864. The molecule has 3 N–H and O–H groups in total. The van der Waals surface area contributed by atoms with Gasteiger partial charge < -0.3 is 15.7 Å². The second kappa shape index (κ2) is 7.19. The maximum Gasteiger partial charge on any atom is 0.278 e. The molecule has 8 heteroatoms. The van der Waals surface area contributed by atoms with Gasteiger partial charge in [-0.2, -0.15) is 5.10 Å². The minimum absolute atomic E-state index is 0. The maximum atomic E-state index is 13.2. The highest BCUT2D eigenvalue weighted by molar-refractivity contribution is 5.95. The van der Waals surface area contributed by atoms with Crippen molar-refractivity contribution in [1.82, 2.24) is 14.7 Å². The Kier molecular flexibility index (Phi) is 5.46. The van der Waals surface area contributed by atoms with Crippen LogP contribution in [-0.4, -0.2) is 44.8 Å². The number of aromatic nitrogens is 2. The number of hydrogen-bond donors (Lipinski definition) is 2. The number of benzene rings is 1. The summed E-state index contributed by atoms with van der Waals surface area (Å²) in [7, 11) is 0. The molecule has 1 amide bonds. The van der Waals surface area contributed by atoms with E-state index in [1.165, 1.54) is 23.0 Å². The van der Waals surface area contributed by atoms with Crippen molar-refractivity contribution in [2.75, 3.05) is 13.1 Å². The first-order valence-electron chi connectivity index (χ1n) is 7.57. The van der Waals surface area contributed by atoms with Gasteiger partial charge in [-0.05, 0) is 43.5 Å². The second-order valence-corrected chi connectivity index (χ2v) is 5.77. The van der Waals surface area contributed by atoms with Crippen molar-refractivity contribution in [3.63, 3.8) is 0 Å². The molecule has 130 valence electrons. The zero-order valence-corrected chi connectivity index (χ0v) is 14.1. The molecule has 0 aliphatic carbocycles. The van der Waals surface area contributed by atoms with Crippen LogP contribution in [0.25, 0.3) is 5.69 Å². The van der Waals surface area contributed by atoms with Crippen molar-refractivity contribution in [2.24, 2.45) is 5.73 Å². The van der Waals surface area contributed by atoms with E-state index < -0.39 is 0 Å². The molecule has 1 unspecified atom stereocenters. The Bertz CT molecular complexity index is 750. The summed E-state index contributed by atoms with van der Waals surface area (Å²) in [4.78, 5) is 14.3. The lowest BCUT2D eigenvalue weighted by Gasteiger charge is -2.22. The van der Waals surface area contributed by atoms with Crippen LogP contribution in [0.5, 0.6) is 5.75 Å². The van der Waals surface area contributed by atoms with Crippen molar-refractivity contribution in [3.05, 3.63) is 41.5 Å². The monoisotopic (exact) mass is 354 g/mol.